The maximum absolute atomic E-state index is 13.6. The van der Waals surface area contributed by atoms with Crippen molar-refractivity contribution in [3.63, 3.8) is 0 Å². The maximum atomic E-state index is 13.6. The topological polar surface area (TPSA) is 113 Å². The molecule has 12 heteroatoms. The summed E-state index contributed by atoms with van der Waals surface area (Å²) in [7, 11) is 0. The molecule has 0 fully saturated rings. The number of nitrogens with zero attached hydrogens (tertiary/aromatic N) is 4. The van der Waals surface area contributed by atoms with Crippen LogP contribution in [0.15, 0.2) is 104 Å². The Kier molecular flexibility index (Phi) is 7.27. The fourth-order valence-electron chi connectivity index (χ4n) is 4.36. The second kappa shape index (κ2) is 11.2. The van der Waals surface area contributed by atoms with Gasteiger partial charge in [-0.2, -0.15) is 9.78 Å². The van der Waals surface area contributed by atoms with Gasteiger partial charge in [-0.25, -0.2) is 9.37 Å². The molecule has 42 heavy (non-hydrogen) atoms. The molecule has 0 saturated heterocycles. The summed E-state index contributed by atoms with van der Waals surface area (Å²) in [5, 5.41) is 17.9. The highest BCUT2D eigenvalue weighted by Crippen LogP contribution is 2.35. The molecule has 0 aliphatic carbocycles. The van der Waals surface area contributed by atoms with Crippen molar-refractivity contribution in [1.29, 1.82) is 0 Å². The van der Waals surface area contributed by atoms with Gasteiger partial charge >= 0.3 is 5.69 Å². The van der Waals surface area contributed by atoms with E-state index in [1.54, 1.807) is 54.6 Å². The van der Waals surface area contributed by atoms with Crippen LogP contribution in [0.4, 0.5) is 10.1 Å². The first-order valence-corrected chi connectivity index (χ1v) is 13.5. The molecule has 0 amide bonds. The number of nitro groups is 1. The van der Waals surface area contributed by atoms with Crippen molar-refractivity contribution >= 4 is 61.3 Å². The lowest BCUT2D eigenvalue weighted by molar-refractivity contribution is -0.386. The van der Waals surface area contributed by atoms with Gasteiger partial charge in [0.1, 0.15) is 18.0 Å². The summed E-state index contributed by atoms with van der Waals surface area (Å²) in [6.07, 6.45) is 1.28. The number of benzene rings is 4. The number of nitro benzene ring substituents is 1. The standard InChI is InChI=1S/C30H17BrClFN4O5/c31-20-11-19(28(25(14-20)37(39)40)41-16-17-5-8-22(33)9-6-17)15-34-36-29(35-24-4-2-1-3-23(24)30(36)38)27-13-18-12-21(32)7-10-26(18)42-27/h1-15H,16H2. The Morgan fingerprint density at radius 1 is 1.10 bits per heavy atom. The Labute approximate surface area is 249 Å². The Hall–Kier alpha value is -4.87. The first-order chi connectivity index (χ1) is 20.3. The van der Waals surface area contributed by atoms with E-state index < -0.39 is 16.3 Å². The van der Waals surface area contributed by atoms with Gasteiger partial charge in [0.05, 0.1) is 22.0 Å². The van der Waals surface area contributed by atoms with Gasteiger partial charge in [0.15, 0.2) is 5.76 Å². The van der Waals surface area contributed by atoms with Gasteiger partial charge in [-0.3, -0.25) is 14.9 Å². The zero-order chi connectivity index (χ0) is 29.4. The lowest BCUT2D eigenvalue weighted by Gasteiger charge is -2.11. The molecule has 6 rings (SSSR count). The molecule has 0 bridgehead atoms. The molecule has 0 saturated carbocycles. The van der Waals surface area contributed by atoms with Crippen LogP contribution in [0.5, 0.6) is 5.75 Å². The fraction of sp³-hybridized carbons (Fsp3) is 0.0333. The van der Waals surface area contributed by atoms with E-state index in [4.69, 9.17) is 20.8 Å². The molecule has 2 aromatic heterocycles. The van der Waals surface area contributed by atoms with E-state index >= 15 is 0 Å². The zero-order valence-electron chi connectivity index (χ0n) is 21.3. The smallest absolute Gasteiger partial charge is 0.312 e. The van der Waals surface area contributed by atoms with E-state index in [1.165, 1.54) is 36.5 Å². The van der Waals surface area contributed by atoms with Gasteiger partial charge in [-0.05, 0) is 60.2 Å². The maximum Gasteiger partial charge on any atom is 0.312 e. The molecular formula is C30H17BrClFN4O5. The van der Waals surface area contributed by atoms with Crippen LogP contribution in [0.2, 0.25) is 5.02 Å². The van der Waals surface area contributed by atoms with Gasteiger partial charge in [0, 0.05) is 26.5 Å². The van der Waals surface area contributed by atoms with Crippen molar-refractivity contribution in [2.24, 2.45) is 5.10 Å². The van der Waals surface area contributed by atoms with E-state index in [9.17, 15) is 19.3 Å². The number of para-hydroxylation sites is 1. The highest BCUT2D eigenvalue weighted by Gasteiger charge is 2.22. The lowest BCUT2D eigenvalue weighted by Crippen LogP contribution is -2.20. The summed E-state index contributed by atoms with van der Waals surface area (Å²) in [5.41, 5.74) is 0.963. The number of aromatic nitrogens is 2. The second-order valence-corrected chi connectivity index (χ2v) is 10.5. The third-order valence-corrected chi connectivity index (χ3v) is 7.01. The zero-order valence-corrected chi connectivity index (χ0v) is 23.7. The number of hydrogen-bond acceptors (Lipinski definition) is 7. The molecule has 208 valence electrons. The molecule has 2 heterocycles. The number of ether oxygens (including phenoxy) is 1. The summed E-state index contributed by atoms with van der Waals surface area (Å²) in [4.78, 5) is 29.6. The van der Waals surface area contributed by atoms with Crippen LogP contribution in [-0.2, 0) is 6.61 Å². The molecular weight excluding hydrogens is 631 g/mol. The molecule has 0 radical (unpaired) electrons. The largest absolute Gasteiger partial charge is 0.481 e. The van der Waals surface area contributed by atoms with E-state index in [1.807, 2.05) is 0 Å². The Morgan fingerprint density at radius 3 is 2.67 bits per heavy atom. The fourth-order valence-corrected chi connectivity index (χ4v) is 5.00. The first-order valence-electron chi connectivity index (χ1n) is 12.4. The van der Waals surface area contributed by atoms with E-state index in [0.717, 1.165) is 4.68 Å². The van der Waals surface area contributed by atoms with Gasteiger partial charge < -0.3 is 9.15 Å². The number of halogens is 3. The first kappa shape index (κ1) is 27.3. The second-order valence-electron chi connectivity index (χ2n) is 9.12. The van der Waals surface area contributed by atoms with E-state index in [2.05, 4.69) is 26.0 Å². The summed E-state index contributed by atoms with van der Waals surface area (Å²) < 4.78 is 26.7. The molecule has 0 aliphatic heterocycles. The molecule has 0 unspecified atom stereocenters. The minimum atomic E-state index is -0.586. The molecule has 6 aromatic rings. The summed E-state index contributed by atoms with van der Waals surface area (Å²) in [6.45, 7) is -0.0755. The molecule has 0 spiro atoms. The van der Waals surface area contributed by atoms with Gasteiger partial charge in [-0.15, -0.1) is 0 Å². The van der Waals surface area contributed by atoms with Crippen molar-refractivity contribution in [2.45, 2.75) is 6.61 Å². The minimum Gasteiger partial charge on any atom is -0.481 e. The summed E-state index contributed by atoms with van der Waals surface area (Å²) >= 11 is 9.44. The van der Waals surface area contributed by atoms with Gasteiger partial charge in [0.25, 0.3) is 5.56 Å². The van der Waals surface area contributed by atoms with Gasteiger partial charge in [0.2, 0.25) is 11.6 Å². The number of rotatable bonds is 7. The SMILES string of the molecule is O=c1c2ccccc2nc(-c2cc3cc(Cl)ccc3o2)n1N=Cc1cc(Br)cc([N+](=O)[O-])c1OCc1ccc(F)cc1. The molecule has 0 N–H and O–H groups in total. The van der Waals surface area contributed by atoms with Gasteiger partial charge in [-0.1, -0.05) is 51.8 Å². The van der Waals surface area contributed by atoms with Crippen molar-refractivity contribution in [1.82, 2.24) is 9.66 Å². The predicted octanol–water partition coefficient (Wildman–Crippen LogP) is 7.73. The highest BCUT2D eigenvalue weighted by molar-refractivity contribution is 9.10. The highest BCUT2D eigenvalue weighted by atomic mass is 79.9. The van der Waals surface area contributed by atoms with Crippen LogP contribution in [0.25, 0.3) is 33.5 Å². The minimum absolute atomic E-state index is 0.0755. The quantitative estimate of drug-likeness (QED) is 0.0996. The average molecular weight is 648 g/mol. The predicted molar refractivity (Wildman–Crippen MR) is 161 cm³/mol. The van der Waals surface area contributed by atoms with Crippen LogP contribution in [-0.4, -0.2) is 20.8 Å². The van der Waals surface area contributed by atoms with E-state index in [0.29, 0.717) is 36.9 Å². The molecule has 0 atom stereocenters. The number of hydrogen-bond donors (Lipinski definition) is 0. The lowest BCUT2D eigenvalue weighted by atomic mass is 10.2. The van der Waals surface area contributed by atoms with Crippen molar-refractivity contribution in [2.75, 3.05) is 0 Å². The van der Waals surface area contributed by atoms with E-state index in [-0.39, 0.29) is 35.2 Å². The third kappa shape index (κ3) is 5.39. The van der Waals surface area contributed by atoms with Crippen molar-refractivity contribution in [3.05, 3.63) is 132 Å². The summed E-state index contributed by atoms with van der Waals surface area (Å²) in [5.74, 6) is -0.127. The Balaban J connectivity index is 1.49. The monoisotopic (exact) mass is 646 g/mol. The molecule has 9 nitrogen and oxygen atoms in total. The van der Waals surface area contributed by atoms with Crippen molar-refractivity contribution < 1.29 is 18.5 Å². The van der Waals surface area contributed by atoms with Crippen LogP contribution in [0.1, 0.15) is 11.1 Å². The number of fused-ring (bicyclic) bond motifs is 2. The van der Waals surface area contributed by atoms with Crippen LogP contribution in [0, 0.1) is 15.9 Å². The average Bonchev–Trinajstić information content (AvgIpc) is 3.39. The number of furan rings is 1. The Morgan fingerprint density at radius 2 is 1.88 bits per heavy atom. The Bertz CT molecular complexity index is 2090. The summed E-state index contributed by atoms with van der Waals surface area (Å²) in [6, 6.07) is 22.0. The normalized spacial score (nSPS) is 11.5. The van der Waals surface area contributed by atoms with Crippen LogP contribution < -0.4 is 10.3 Å². The third-order valence-electron chi connectivity index (χ3n) is 6.32. The molecule has 4 aromatic carbocycles. The molecule has 0 aliphatic rings. The van der Waals surface area contributed by atoms with Crippen molar-refractivity contribution in [3.8, 4) is 17.3 Å². The van der Waals surface area contributed by atoms with Crippen LogP contribution >= 0.6 is 27.5 Å². The van der Waals surface area contributed by atoms with Crippen LogP contribution in [0.3, 0.4) is 0 Å².